The van der Waals surface area contributed by atoms with Crippen molar-refractivity contribution in [1.29, 1.82) is 0 Å². The largest absolute Gasteiger partial charge is 0.463 e. The van der Waals surface area contributed by atoms with E-state index in [0.717, 1.165) is 11.8 Å². The summed E-state index contributed by atoms with van der Waals surface area (Å²) in [6.45, 7) is 4.14. The van der Waals surface area contributed by atoms with Crippen LogP contribution in [0, 0.1) is 11.8 Å². The second-order valence-corrected chi connectivity index (χ2v) is 8.64. The van der Waals surface area contributed by atoms with Crippen LogP contribution < -0.4 is 16.6 Å². The highest BCUT2D eigenvalue weighted by Crippen LogP contribution is 2.24. The van der Waals surface area contributed by atoms with Gasteiger partial charge in [-0.05, 0) is 18.9 Å². The van der Waals surface area contributed by atoms with Crippen LogP contribution >= 0.6 is 0 Å². The third kappa shape index (κ3) is 6.46. The fourth-order valence-electron chi connectivity index (χ4n) is 3.56. The van der Waals surface area contributed by atoms with Gasteiger partial charge in [-0.2, -0.15) is 0 Å². The number of ether oxygens (including phenoxy) is 3. The first-order valence-electron chi connectivity index (χ1n) is 11.3. The van der Waals surface area contributed by atoms with E-state index in [1.54, 1.807) is 38.1 Å². The lowest BCUT2D eigenvalue weighted by molar-refractivity contribution is -0.176. The third-order valence-corrected chi connectivity index (χ3v) is 5.53. The summed E-state index contributed by atoms with van der Waals surface area (Å²) < 4.78 is 16.4. The summed E-state index contributed by atoms with van der Waals surface area (Å²) in [5.41, 5.74) is -1.48. The van der Waals surface area contributed by atoms with Crippen molar-refractivity contribution in [2.24, 2.45) is 11.8 Å². The molecule has 3 rings (SSSR count). The van der Waals surface area contributed by atoms with Gasteiger partial charge in [0, 0.05) is 6.20 Å². The lowest BCUT2D eigenvalue weighted by Gasteiger charge is -2.29. The van der Waals surface area contributed by atoms with Crippen LogP contribution in [0.1, 0.15) is 36.7 Å². The molecule has 0 spiro atoms. The lowest BCUT2D eigenvalue weighted by atomic mass is 9.91. The molecular formula is C24H27N3O9. The van der Waals surface area contributed by atoms with Crippen molar-refractivity contribution in [3.8, 4) is 0 Å². The summed E-state index contributed by atoms with van der Waals surface area (Å²) in [5, 5.41) is 2.28. The molecule has 12 nitrogen and oxygen atoms in total. The van der Waals surface area contributed by atoms with Gasteiger partial charge in [0.15, 0.2) is 12.1 Å². The number of aromatic amines is 2. The van der Waals surface area contributed by atoms with Gasteiger partial charge >= 0.3 is 23.6 Å². The number of benzene rings is 1. The number of rotatable bonds is 6. The quantitative estimate of drug-likeness (QED) is 0.366. The molecular weight excluding hydrogens is 474 g/mol. The highest BCUT2D eigenvalue weighted by Gasteiger charge is 2.42. The van der Waals surface area contributed by atoms with E-state index in [1.807, 2.05) is 11.1 Å². The van der Waals surface area contributed by atoms with Crippen LogP contribution in [0.5, 0.6) is 0 Å². The van der Waals surface area contributed by atoms with E-state index < -0.39 is 77.3 Å². The van der Waals surface area contributed by atoms with Gasteiger partial charge in [0.1, 0.15) is 24.2 Å². The summed E-state index contributed by atoms with van der Waals surface area (Å²) in [6, 6.07) is 7.52. The number of amides is 1. The number of hydrogen-bond acceptors (Lipinski definition) is 9. The first-order valence-corrected chi connectivity index (χ1v) is 11.3. The van der Waals surface area contributed by atoms with E-state index in [9.17, 15) is 28.8 Å². The Kier molecular flexibility index (Phi) is 8.41. The van der Waals surface area contributed by atoms with Crippen LogP contribution in [0.3, 0.4) is 0 Å². The van der Waals surface area contributed by atoms with Gasteiger partial charge < -0.3 is 24.5 Å². The molecule has 1 aromatic carbocycles. The maximum Gasteiger partial charge on any atom is 0.332 e. The summed E-state index contributed by atoms with van der Waals surface area (Å²) >= 11 is 0. The summed E-state index contributed by atoms with van der Waals surface area (Å²) in [5.74, 6) is -4.82. The van der Waals surface area contributed by atoms with E-state index in [1.165, 1.54) is 6.92 Å². The van der Waals surface area contributed by atoms with E-state index in [4.69, 9.17) is 14.2 Å². The first kappa shape index (κ1) is 26.4. The van der Waals surface area contributed by atoms with Crippen LogP contribution in [0.2, 0.25) is 0 Å². The Labute approximate surface area is 205 Å². The smallest absolute Gasteiger partial charge is 0.332 e. The molecule has 0 radical (unpaired) electrons. The average Bonchev–Trinajstić information content (AvgIpc) is 2.86. The van der Waals surface area contributed by atoms with E-state index in [-0.39, 0.29) is 6.42 Å². The van der Waals surface area contributed by atoms with Crippen molar-refractivity contribution < 1.29 is 33.4 Å². The summed E-state index contributed by atoms with van der Waals surface area (Å²) in [6.07, 6.45) is -1.20. The number of carbonyl (C=O) groups is 4. The molecule has 1 aliphatic rings. The fourth-order valence-corrected chi connectivity index (χ4v) is 3.56. The van der Waals surface area contributed by atoms with Crippen LogP contribution in [-0.4, -0.2) is 58.6 Å². The van der Waals surface area contributed by atoms with Crippen molar-refractivity contribution in [1.82, 2.24) is 15.3 Å². The molecule has 0 saturated carbocycles. The van der Waals surface area contributed by atoms with E-state index >= 15 is 0 Å². The minimum absolute atomic E-state index is 0.140. The number of carbonyl (C=O) groups excluding carboxylic acids is 4. The molecule has 1 aliphatic heterocycles. The number of nitrogens with one attached hydrogen (secondary N) is 3. The molecule has 1 fully saturated rings. The standard InChI is InChI=1S/C24H27N3O9/c1-12(2)21(30)36-18-13(3)35-23(32)17(26-19(28)16-10-25-24(33)27-20(16)29)11-34-22(31)15(18)9-14-7-5-4-6-8-14/h4-8,10,12-13,15,17-18H,9,11H2,1-3H3,(H,26,28)(H2,25,27,29,33)/t13-,15+,17-,18-/m0/s1. The Balaban J connectivity index is 1.88. The van der Waals surface area contributed by atoms with Gasteiger partial charge in [0.05, 0.1) is 5.92 Å². The van der Waals surface area contributed by atoms with E-state index in [0.29, 0.717) is 0 Å². The molecule has 0 unspecified atom stereocenters. The Morgan fingerprint density at radius 3 is 2.44 bits per heavy atom. The number of cyclic esters (lactones) is 2. The molecule has 0 bridgehead atoms. The van der Waals surface area contributed by atoms with Gasteiger partial charge in [-0.25, -0.2) is 9.59 Å². The number of esters is 3. The molecule has 1 aromatic heterocycles. The van der Waals surface area contributed by atoms with Crippen molar-refractivity contribution >= 4 is 23.8 Å². The van der Waals surface area contributed by atoms with Crippen molar-refractivity contribution in [3.05, 3.63) is 68.5 Å². The summed E-state index contributed by atoms with van der Waals surface area (Å²) in [7, 11) is 0. The molecule has 1 amide bonds. The topological polar surface area (TPSA) is 174 Å². The normalized spacial score (nSPS) is 22.4. The second-order valence-electron chi connectivity index (χ2n) is 8.64. The zero-order chi connectivity index (χ0) is 26.4. The molecule has 192 valence electrons. The van der Waals surface area contributed by atoms with Gasteiger partial charge in [-0.3, -0.25) is 24.2 Å². The Morgan fingerprint density at radius 1 is 1.11 bits per heavy atom. The first-order chi connectivity index (χ1) is 17.1. The monoisotopic (exact) mass is 501 g/mol. The van der Waals surface area contributed by atoms with Crippen molar-refractivity contribution in [2.45, 2.75) is 45.4 Å². The molecule has 2 heterocycles. The lowest BCUT2D eigenvalue weighted by Crippen LogP contribution is -2.48. The Morgan fingerprint density at radius 2 is 1.81 bits per heavy atom. The molecule has 2 aromatic rings. The van der Waals surface area contributed by atoms with Gasteiger partial charge in [-0.15, -0.1) is 0 Å². The minimum Gasteiger partial charge on any atom is -0.463 e. The van der Waals surface area contributed by atoms with Crippen molar-refractivity contribution in [3.63, 3.8) is 0 Å². The zero-order valence-corrected chi connectivity index (χ0v) is 19.9. The average molecular weight is 501 g/mol. The molecule has 4 atom stereocenters. The van der Waals surface area contributed by atoms with Crippen LogP contribution in [0.15, 0.2) is 46.1 Å². The zero-order valence-electron chi connectivity index (χ0n) is 19.9. The Bertz CT molecular complexity index is 1240. The predicted octanol–water partition coefficient (Wildman–Crippen LogP) is 0.0768. The molecule has 3 N–H and O–H groups in total. The highest BCUT2D eigenvalue weighted by atomic mass is 16.6. The fraction of sp³-hybridized carbons (Fsp3) is 0.417. The van der Waals surface area contributed by atoms with Crippen LogP contribution in [-0.2, 0) is 35.0 Å². The number of H-pyrrole nitrogens is 2. The minimum atomic E-state index is -1.47. The predicted molar refractivity (Wildman–Crippen MR) is 124 cm³/mol. The Hall–Kier alpha value is -4.22. The van der Waals surface area contributed by atoms with Crippen molar-refractivity contribution in [2.75, 3.05) is 6.61 Å². The molecule has 36 heavy (non-hydrogen) atoms. The number of aromatic nitrogens is 2. The van der Waals surface area contributed by atoms with E-state index in [2.05, 4.69) is 10.3 Å². The van der Waals surface area contributed by atoms with Gasteiger partial charge in [-0.1, -0.05) is 44.2 Å². The molecule has 1 saturated heterocycles. The summed E-state index contributed by atoms with van der Waals surface area (Å²) in [4.78, 5) is 78.2. The number of hydrogen-bond donors (Lipinski definition) is 3. The highest BCUT2D eigenvalue weighted by molar-refractivity contribution is 5.96. The maximum atomic E-state index is 13.1. The molecule has 12 heteroatoms. The maximum absolute atomic E-state index is 13.1. The molecule has 0 aliphatic carbocycles. The second kappa shape index (κ2) is 11.5. The van der Waals surface area contributed by atoms with Gasteiger partial charge in [0.2, 0.25) is 0 Å². The van der Waals surface area contributed by atoms with Gasteiger partial charge in [0.25, 0.3) is 11.5 Å². The van der Waals surface area contributed by atoms with Crippen LogP contribution in [0.25, 0.3) is 0 Å². The van der Waals surface area contributed by atoms with Crippen LogP contribution in [0.4, 0.5) is 0 Å². The third-order valence-electron chi connectivity index (χ3n) is 5.53. The SMILES string of the molecule is CC(C)C(=O)O[C@H]1[C@H](C)OC(=O)[C@@H](NC(=O)c2c[nH]c(=O)[nH]c2=O)COC(=O)[C@@H]1Cc1ccccc1.